The molecule has 0 saturated carbocycles. The molecule has 0 radical (unpaired) electrons. The van der Waals surface area contributed by atoms with Crippen LogP contribution in [-0.2, 0) is 6.54 Å². The molecule has 1 aromatic carbocycles. The molecule has 0 aliphatic heterocycles. The van der Waals surface area contributed by atoms with Crippen LogP contribution < -0.4 is 5.73 Å². The molecular weight excluding hydrogens is 198 g/mol. The highest BCUT2D eigenvalue weighted by molar-refractivity contribution is 5.68. The van der Waals surface area contributed by atoms with Crippen LogP contribution in [0, 0.1) is 13.8 Å². The number of hydrogen-bond acceptors (Lipinski definition) is 2. The van der Waals surface area contributed by atoms with Crippen LogP contribution in [0.5, 0.6) is 0 Å². The van der Waals surface area contributed by atoms with Crippen molar-refractivity contribution in [1.29, 1.82) is 0 Å². The molecule has 0 spiro atoms. The highest BCUT2D eigenvalue weighted by Gasteiger charge is 2.12. The Kier molecular flexibility index (Phi) is 3.06. The normalized spacial score (nSPS) is 10.7. The molecule has 1 aromatic heterocycles. The third-order valence-corrected chi connectivity index (χ3v) is 2.78. The van der Waals surface area contributed by atoms with E-state index in [-0.39, 0.29) is 0 Å². The van der Waals surface area contributed by atoms with Gasteiger partial charge in [-0.05, 0) is 19.4 Å². The molecule has 0 bridgehead atoms. The maximum absolute atomic E-state index is 5.57. The summed E-state index contributed by atoms with van der Waals surface area (Å²) >= 11 is 0. The summed E-state index contributed by atoms with van der Waals surface area (Å²) in [6, 6.07) is 10.4. The molecule has 0 atom stereocenters. The molecule has 3 heteroatoms. The van der Waals surface area contributed by atoms with Crippen LogP contribution in [0.2, 0.25) is 0 Å². The Morgan fingerprint density at radius 3 is 2.50 bits per heavy atom. The third kappa shape index (κ3) is 1.86. The zero-order valence-electron chi connectivity index (χ0n) is 9.77. The summed E-state index contributed by atoms with van der Waals surface area (Å²) in [4.78, 5) is 0. The van der Waals surface area contributed by atoms with E-state index in [2.05, 4.69) is 36.3 Å². The minimum atomic E-state index is 0.621. The predicted molar refractivity (Wildman–Crippen MR) is 66.2 cm³/mol. The number of hydrogen-bond donors (Lipinski definition) is 1. The summed E-state index contributed by atoms with van der Waals surface area (Å²) in [5.41, 5.74) is 10.3. The topological polar surface area (TPSA) is 43.8 Å². The molecule has 2 N–H and O–H groups in total. The first-order valence-electron chi connectivity index (χ1n) is 5.53. The standard InChI is InChI=1S/C13H17N3/c1-10-13(12-6-4-3-5-7-12)11(2)16(15-10)9-8-14/h3-7H,8-9,14H2,1-2H3. The van der Waals surface area contributed by atoms with Crippen molar-refractivity contribution in [2.45, 2.75) is 20.4 Å². The maximum Gasteiger partial charge on any atom is 0.0674 e. The minimum Gasteiger partial charge on any atom is -0.329 e. The van der Waals surface area contributed by atoms with Crippen LogP contribution in [0.3, 0.4) is 0 Å². The van der Waals surface area contributed by atoms with Gasteiger partial charge in [-0.1, -0.05) is 30.3 Å². The Labute approximate surface area is 95.9 Å². The van der Waals surface area contributed by atoms with E-state index in [1.54, 1.807) is 0 Å². The largest absolute Gasteiger partial charge is 0.329 e. The molecule has 1 heterocycles. The summed E-state index contributed by atoms with van der Waals surface area (Å²) in [5, 5.41) is 4.51. The lowest BCUT2D eigenvalue weighted by molar-refractivity contribution is 0.604. The van der Waals surface area contributed by atoms with Crippen molar-refractivity contribution in [3.63, 3.8) is 0 Å². The van der Waals surface area contributed by atoms with Gasteiger partial charge in [0.1, 0.15) is 0 Å². The number of nitrogens with zero attached hydrogens (tertiary/aromatic N) is 2. The Morgan fingerprint density at radius 1 is 1.19 bits per heavy atom. The summed E-state index contributed by atoms with van der Waals surface area (Å²) < 4.78 is 1.98. The molecule has 84 valence electrons. The minimum absolute atomic E-state index is 0.621. The molecule has 2 aromatic rings. The Morgan fingerprint density at radius 2 is 1.88 bits per heavy atom. The van der Waals surface area contributed by atoms with Crippen molar-refractivity contribution in [3.05, 3.63) is 41.7 Å². The summed E-state index contributed by atoms with van der Waals surface area (Å²) in [6.45, 7) is 5.54. The molecule has 0 aliphatic carbocycles. The lowest BCUT2D eigenvalue weighted by atomic mass is 10.0. The van der Waals surface area contributed by atoms with Gasteiger partial charge in [0, 0.05) is 17.8 Å². The van der Waals surface area contributed by atoms with Gasteiger partial charge in [0.2, 0.25) is 0 Å². The van der Waals surface area contributed by atoms with E-state index in [1.807, 2.05) is 17.7 Å². The first-order chi connectivity index (χ1) is 7.74. The molecule has 0 saturated heterocycles. The molecule has 16 heavy (non-hydrogen) atoms. The van der Waals surface area contributed by atoms with Gasteiger partial charge in [-0.15, -0.1) is 0 Å². The fraction of sp³-hybridized carbons (Fsp3) is 0.308. The molecule has 0 amide bonds. The van der Waals surface area contributed by atoms with Crippen LogP contribution >= 0.6 is 0 Å². The molecule has 0 fully saturated rings. The van der Waals surface area contributed by atoms with Crippen molar-refractivity contribution < 1.29 is 0 Å². The van der Waals surface area contributed by atoms with Gasteiger partial charge in [-0.2, -0.15) is 5.10 Å². The highest BCUT2D eigenvalue weighted by Crippen LogP contribution is 2.26. The van der Waals surface area contributed by atoms with Gasteiger partial charge < -0.3 is 5.73 Å². The average molecular weight is 215 g/mol. The van der Waals surface area contributed by atoms with E-state index < -0.39 is 0 Å². The van der Waals surface area contributed by atoms with Crippen LogP contribution in [0.1, 0.15) is 11.4 Å². The summed E-state index contributed by atoms with van der Waals surface area (Å²) in [5.74, 6) is 0. The zero-order chi connectivity index (χ0) is 11.5. The van der Waals surface area contributed by atoms with E-state index in [0.717, 1.165) is 12.2 Å². The SMILES string of the molecule is Cc1nn(CCN)c(C)c1-c1ccccc1. The van der Waals surface area contributed by atoms with Crippen LogP contribution in [0.4, 0.5) is 0 Å². The van der Waals surface area contributed by atoms with E-state index >= 15 is 0 Å². The molecule has 0 unspecified atom stereocenters. The van der Waals surface area contributed by atoms with Gasteiger partial charge >= 0.3 is 0 Å². The highest BCUT2D eigenvalue weighted by atomic mass is 15.3. The zero-order valence-corrected chi connectivity index (χ0v) is 9.77. The first-order valence-corrected chi connectivity index (χ1v) is 5.53. The second-order valence-corrected chi connectivity index (χ2v) is 3.92. The fourth-order valence-electron chi connectivity index (χ4n) is 2.06. The van der Waals surface area contributed by atoms with Gasteiger partial charge in [0.05, 0.1) is 12.2 Å². The number of aromatic nitrogens is 2. The van der Waals surface area contributed by atoms with Gasteiger partial charge in [0.15, 0.2) is 0 Å². The molecule has 0 aliphatic rings. The number of benzene rings is 1. The van der Waals surface area contributed by atoms with E-state index in [9.17, 15) is 0 Å². The van der Waals surface area contributed by atoms with Crippen LogP contribution in [0.15, 0.2) is 30.3 Å². The number of nitrogens with two attached hydrogens (primary N) is 1. The number of aryl methyl sites for hydroxylation is 1. The van der Waals surface area contributed by atoms with Crippen molar-refractivity contribution in [2.75, 3.05) is 6.54 Å². The lowest BCUT2D eigenvalue weighted by Gasteiger charge is -2.03. The smallest absolute Gasteiger partial charge is 0.0674 e. The van der Waals surface area contributed by atoms with Gasteiger partial charge in [0.25, 0.3) is 0 Å². The van der Waals surface area contributed by atoms with Crippen LogP contribution in [-0.4, -0.2) is 16.3 Å². The Hall–Kier alpha value is -1.61. The van der Waals surface area contributed by atoms with E-state index in [1.165, 1.54) is 16.8 Å². The second kappa shape index (κ2) is 4.49. The predicted octanol–water partition coefficient (Wildman–Crippen LogP) is 2.13. The Balaban J connectivity index is 2.49. The van der Waals surface area contributed by atoms with Crippen molar-refractivity contribution in [3.8, 4) is 11.1 Å². The van der Waals surface area contributed by atoms with Crippen molar-refractivity contribution in [1.82, 2.24) is 9.78 Å². The maximum atomic E-state index is 5.57. The Bertz CT molecular complexity index is 471. The quantitative estimate of drug-likeness (QED) is 0.852. The van der Waals surface area contributed by atoms with Gasteiger partial charge in [-0.25, -0.2) is 0 Å². The van der Waals surface area contributed by atoms with E-state index in [0.29, 0.717) is 6.54 Å². The monoisotopic (exact) mass is 215 g/mol. The van der Waals surface area contributed by atoms with Crippen molar-refractivity contribution in [2.24, 2.45) is 5.73 Å². The summed E-state index contributed by atoms with van der Waals surface area (Å²) in [7, 11) is 0. The average Bonchev–Trinajstić information content (AvgIpc) is 2.56. The molecular formula is C13H17N3. The lowest BCUT2D eigenvalue weighted by Crippen LogP contribution is -2.12. The third-order valence-electron chi connectivity index (χ3n) is 2.78. The fourth-order valence-corrected chi connectivity index (χ4v) is 2.06. The van der Waals surface area contributed by atoms with Crippen molar-refractivity contribution >= 4 is 0 Å². The molecule has 3 nitrogen and oxygen atoms in total. The first kappa shape index (κ1) is 10.9. The van der Waals surface area contributed by atoms with E-state index in [4.69, 9.17) is 5.73 Å². The van der Waals surface area contributed by atoms with Crippen LogP contribution in [0.25, 0.3) is 11.1 Å². The summed E-state index contributed by atoms with van der Waals surface area (Å²) in [6.07, 6.45) is 0. The number of rotatable bonds is 3. The van der Waals surface area contributed by atoms with Gasteiger partial charge in [-0.3, -0.25) is 4.68 Å². The molecule has 2 rings (SSSR count). The second-order valence-electron chi connectivity index (χ2n) is 3.92.